The second kappa shape index (κ2) is 65.8. The lowest BCUT2D eigenvalue weighted by Crippen LogP contribution is -2.30. The van der Waals surface area contributed by atoms with Crippen LogP contribution in [0.4, 0.5) is 0 Å². The van der Waals surface area contributed by atoms with Gasteiger partial charge in [0.15, 0.2) is 6.10 Å². The van der Waals surface area contributed by atoms with Gasteiger partial charge in [-0.05, 0) is 122 Å². The number of hydrogen-bond donors (Lipinski definition) is 0. The third kappa shape index (κ3) is 63.2. The molecule has 0 saturated heterocycles. The molecule has 6 nitrogen and oxygen atoms in total. The van der Waals surface area contributed by atoms with Gasteiger partial charge in [-0.1, -0.05) is 279 Å². The Kier molecular flexibility index (Phi) is 62.7. The first-order valence-corrected chi connectivity index (χ1v) is 33.2. The van der Waals surface area contributed by atoms with Gasteiger partial charge in [-0.15, -0.1) is 0 Å². The average molecular weight is 1090 g/mol. The number of unbranched alkanes of at least 4 members (excludes halogenated alkanes) is 33. The molecule has 1 unspecified atom stereocenters. The summed E-state index contributed by atoms with van der Waals surface area (Å²) in [5.41, 5.74) is 0. The summed E-state index contributed by atoms with van der Waals surface area (Å²) in [5.74, 6) is -0.892. The minimum Gasteiger partial charge on any atom is -0.462 e. The molecule has 0 N–H and O–H groups in total. The Morgan fingerprint density at radius 3 is 0.795 bits per heavy atom. The number of ether oxygens (including phenoxy) is 3. The lowest BCUT2D eigenvalue weighted by Gasteiger charge is -2.18. The number of hydrogen-bond acceptors (Lipinski definition) is 6. The summed E-state index contributed by atoms with van der Waals surface area (Å²) >= 11 is 0. The van der Waals surface area contributed by atoms with E-state index < -0.39 is 6.10 Å². The molecular weight excluding hydrogens is 961 g/mol. The monoisotopic (exact) mass is 1080 g/mol. The normalized spacial score (nSPS) is 12.7. The van der Waals surface area contributed by atoms with Gasteiger partial charge < -0.3 is 14.2 Å². The summed E-state index contributed by atoms with van der Waals surface area (Å²) in [6.45, 7) is 6.52. The molecule has 0 heterocycles. The number of allylic oxidation sites excluding steroid dienone is 16. The molecule has 0 bridgehead atoms. The molecule has 0 radical (unpaired) electrons. The van der Waals surface area contributed by atoms with Crippen LogP contribution in [0, 0.1) is 0 Å². The van der Waals surface area contributed by atoms with Crippen LogP contribution in [0.2, 0.25) is 0 Å². The zero-order valence-electron chi connectivity index (χ0n) is 51.4. The minimum atomic E-state index is -0.790. The van der Waals surface area contributed by atoms with E-state index in [2.05, 4.69) is 118 Å². The van der Waals surface area contributed by atoms with Gasteiger partial charge in [0, 0.05) is 19.3 Å². The van der Waals surface area contributed by atoms with Gasteiger partial charge in [0.05, 0.1) is 0 Å². The smallest absolute Gasteiger partial charge is 0.306 e. The second-order valence-corrected chi connectivity index (χ2v) is 22.0. The standard InChI is InChI=1S/C72H124O6/c1-4-7-10-13-16-19-22-25-28-31-34-36-38-41-44-47-50-53-56-59-62-65-71(74)77-68-69(67-76-70(73)64-61-58-55-52-49-46-43-40-33-30-27-24-21-18-15-12-9-6-3)78-72(75)66-63-60-57-54-51-48-45-42-39-37-35-32-29-26-23-20-17-14-11-8-5-2/h7,10,16,19,21,23-26,28,30,32-36,69H,4-6,8-9,11-15,17-18,20,22,27,29,31,37-68H2,1-3H3/b10-7-,19-16-,24-21-,26-23-,28-25-,33-30-,35-32-,36-34-. The van der Waals surface area contributed by atoms with Crippen molar-refractivity contribution in [2.24, 2.45) is 0 Å². The third-order valence-corrected chi connectivity index (χ3v) is 14.3. The number of carbonyl (C=O) groups is 3. The molecule has 448 valence electrons. The Morgan fingerprint density at radius 1 is 0.269 bits per heavy atom. The fourth-order valence-electron chi connectivity index (χ4n) is 9.32. The molecule has 1 atom stereocenters. The first-order chi connectivity index (χ1) is 38.5. The molecule has 0 saturated carbocycles. The molecular formula is C72H124O6. The van der Waals surface area contributed by atoms with Crippen molar-refractivity contribution in [3.05, 3.63) is 97.2 Å². The van der Waals surface area contributed by atoms with E-state index in [4.69, 9.17) is 14.2 Å². The Bertz CT molecular complexity index is 1530. The molecule has 0 fully saturated rings. The predicted molar refractivity (Wildman–Crippen MR) is 339 cm³/mol. The lowest BCUT2D eigenvalue weighted by molar-refractivity contribution is -0.167. The quantitative estimate of drug-likeness (QED) is 0.0261. The molecule has 0 aliphatic carbocycles. The highest BCUT2D eigenvalue weighted by molar-refractivity contribution is 5.71. The highest BCUT2D eigenvalue weighted by atomic mass is 16.6. The van der Waals surface area contributed by atoms with E-state index in [1.54, 1.807) is 0 Å². The van der Waals surface area contributed by atoms with E-state index in [9.17, 15) is 14.4 Å². The maximum atomic E-state index is 12.9. The van der Waals surface area contributed by atoms with Gasteiger partial charge in [-0.3, -0.25) is 14.4 Å². The molecule has 0 aromatic rings. The summed E-state index contributed by atoms with van der Waals surface area (Å²) < 4.78 is 17.0. The van der Waals surface area contributed by atoms with Crippen molar-refractivity contribution in [3.63, 3.8) is 0 Å². The molecule has 0 spiro atoms. The van der Waals surface area contributed by atoms with E-state index >= 15 is 0 Å². The summed E-state index contributed by atoms with van der Waals surface area (Å²) in [4.78, 5) is 38.4. The van der Waals surface area contributed by atoms with Crippen LogP contribution in [-0.2, 0) is 28.6 Å². The number of rotatable bonds is 60. The van der Waals surface area contributed by atoms with Crippen molar-refractivity contribution >= 4 is 17.9 Å². The van der Waals surface area contributed by atoms with Gasteiger partial charge in [-0.25, -0.2) is 0 Å². The van der Waals surface area contributed by atoms with E-state index in [0.29, 0.717) is 19.3 Å². The maximum Gasteiger partial charge on any atom is 0.306 e. The molecule has 0 aliphatic heterocycles. The topological polar surface area (TPSA) is 78.9 Å². The van der Waals surface area contributed by atoms with E-state index in [1.165, 1.54) is 173 Å². The van der Waals surface area contributed by atoms with Crippen LogP contribution in [0.1, 0.15) is 323 Å². The van der Waals surface area contributed by atoms with Gasteiger partial charge in [0.2, 0.25) is 0 Å². The van der Waals surface area contributed by atoms with Gasteiger partial charge in [-0.2, -0.15) is 0 Å². The largest absolute Gasteiger partial charge is 0.462 e. The highest BCUT2D eigenvalue weighted by Crippen LogP contribution is 2.16. The summed E-state index contributed by atoms with van der Waals surface area (Å²) in [6.07, 6.45) is 88.3. The Morgan fingerprint density at radius 2 is 0.500 bits per heavy atom. The Hall–Kier alpha value is -3.67. The van der Waals surface area contributed by atoms with Crippen molar-refractivity contribution < 1.29 is 28.6 Å². The predicted octanol–water partition coefficient (Wildman–Crippen LogP) is 22.8. The summed E-state index contributed by atoms with van der Waals surface area (Å²) in [5, 5.41) is 0. The van der Waals surface area contributed by atoms with Crippen LogP contribution in [0.3, 0.4) is 0 Å². The first kappa shape index (κ1) is 74.3. The van der Waals surface area contributed by atoms with E-state index in [0.717, 1.165) is 109 Å². The zero-order chi connectivity index (χ0) is 56.4. The first-order valence-electron chi connectivity index (χ1n) is 33.2. The van der Waals surface area contributed by atoms with Crippen molar-refractivity contribution in [2.75, 3.05) is 13.2 Å². The summed E-state index contributed by atoms with van der Waals surface area (Å²) in [6, 6.07) is 0. The van der Waals surface area contributed by atoms with Crippen molar-refractivity contribution in [3.8, 4) is 0 Å². The number of carbonyl (C=O) groups excluding carboxylic acids is 3. The zero-order valence-corrected chi connectivity index (χ0v) is 51.4. The molecule has 78 heavy (non-hydrogen) atoms. The lowest BCUT2D eigenvalue weighted by atomic mass is 10.1. The maximum absolute atomic E-state index is 12.9. The van der Waals surface area contributed by atoms with E-state index in [1.807, 2.05) is 0 Å². The average Bonchev–Trinajstić information content (AvgIpc) is 3.44. The van der Waals surface area contributed by atoms with Gasteiger partial charge in [0.1, 0.15) is 13.2 Å². The SMILES string of the molecule is CC/C=C\C/C=C\C/C=C\C/C=C\CCCCCCCCCCC(=O)OCC(COC(=O)CCCCCCCCC/C=C\C/C=C\CCCCCC)OC(=O)CCCCCCCCCCC/C=C\C/C=C\CCCCCCC. The van der Waals surface area contributed by atoms with Crippen molar-refractivity contribution in [1.82, 2.24) is 0 Å². The van der Waals surface area contributed by atoms with E-state index in [-0.39, 0.29) is 31.1 Å². The van der Waals surface area contributed by atoms with Crippen LogP contribution >= 0.6 is 0 Å². The van der Waals surface area contributed by atoms with Crippen molar-refractivity contribution in [2.45, 2.75) is 329 Å². The second-order valence-electron chi connectivity index (χ2n) is 22.0. The van der Waals surface area contributed by atoms with Crippen molar-refractivity contribution in [1.29, 1.82) is 0 Å². The molecule has 0 aliphatic rings. The molecule has 0 rings (SSSR count). The molecule has 0 amide bonds. The fraction of sp³-hybridized carbons (Fsp3) is 0.736. The van der Waals surface area contributed by atoms with Gasteiger partial charge >= 0.3 is 17.9 Å². The fourth-order valence-corrected chi connectivity index (χ4v) is 9.32. The Labute approximate surface area is 483 Å². The van der Waals surface area contributed by atoms with Crippen LogP contribution < -0.4 is 0 Å². The summed E-state index contributed by atoms with van der Waals surface area (Å²) in [7, 11) is 0. The highest BCUT2D eigenvalue weighted by Gasteiger charge is 2.19. The third-order valence-electron chi connectivity index (χ3n) is 14.3. The van der Waals surface area contributed by atoms with Crippen LogP contribution in [0.25, 0.3) is 0 Å². The molecule has 6 heteroatoms. The van der Waals surface area contributed by atoms with Crippen LogP contribution in [0.5, 0.6) is 0 Å². The minimum absolute atomic E-state index is 0.0853. The number of esters is 3. The van der Waals surface area contributed by atoms with Gasteiger partial charge in [0.25, 0.3) is 0 Å². The molecule has 0 aromatic carbocycles. The Balaban J connectivity index is 4.41. The van der Waals surface area contributed by atoms with Crippen LogP contribution in [0.15, 0.2) is 97.2 Å². The van der Waals surface area contributed by atoms with Crippen LogP contribution in [-0.4, -0.2) is 37.2 Å². The molecule has 0 aromatic heterocycles.